The molecule has 0 saturated heterocycles. The maximum absolute atomic E-state index is 9.73. The number of hydrogen-bond donors (Lipinski definition) is 1. The lowest BCUT2D eigenvalue weighted by Gasteiger charge is -2.08. The average Bonchev–Trinajstić information content (AvgIpc) is 2.57. The lowest BCUT2D eigenvalue weighted by atomic mass is 10.1. The van der Waals surface area contributed by atoms with Crippen molar-refractivity contribution >= 4 is 11.8 Å². The maximum Gasteiger partial charge on any atom is 0.119 e. The molecule has 0 radical (unpaired) electrons. The molecule has 23 heavy (non-hydrogen) atoms. The van der Waals surface area contributed by atoms with Crippen LogP contribution < -0.4 is 4.74 Å². The van der Waals surface area contributed by atoms with Crippen LogP contribution in [0.1, 0.15) is 19.4 Å². The Hall–Kier alpha value is -2.13. The van der Waals surface area contributed by atoms with E-state index in [2.05, 4.69) is 24.3 Å². The summed E-state index contributed by atoms with van der Waals surface area (Å²) < 4.78 is 5.75. The molecule has 0 aliphatic carbocycles. The number of para-hydroxylation sites is 1. The minimum Gasteiger partial charge on any atom is -0.508 e. The molecule has 2 aromatic carbocycles. The summed E-state index contributed by atoms with van der Waals surface area (Å²) in [7, 11) is 0. The molecule has 0 bridgehead atoms. The van der Waals surface area contributed by atoms with Gasteiger partial charge < -0.3 is 9.84 Å². The van der Waals surface area contributed by atoms with Gasteiger partial charge in [0.05, 0.1) is 6.61 Å². The van der Waals surface area contributed by atoms with Crippen LogP contribution in [-0.2, 0) is 6.42 Å². The van der Waals surface area contributed by atoms with Crippen molar-refractivity contribution in [2.24, 2.45) is 0 Å². The van der Waals surface area contributed by atoms with E-state index in [9.17, 15) is 5.11 Å². The van der Waals surface area contributed by atoms with Crippen molar-refractivity contribution < 1.29 is 9.84 Å². The maximum atomic E-state index is 9.73. The summed E-state index contributed by atoms with van der Waals surface area (Å²) in [4.78, 5) is 2.41. The Labute approximate surface area is 142 Å². The Balaban J connectivity index is 1.87. The van der Waals surface area contributed by atoms with E-state index >= 15 is 0 Å². The van der Waals surface area contributed by atoms with E-state index in [1.807, 2.05) is 50.3 Å². The summed E-state index contributed by atoms with van der Waals surface area (Å²) >= 11 is 1.73. The van der Waals surface area contributed by atoms with Gasteiger partial charge in [0.15, 0.2) is 0 Å². The van der Waals surface area contributed by atoms with Crippen molar-refractivity contribution in [1.29, 1.82) is 0 Å². The van der Waals surface area contributed by atoms with Gasteiger partial charge in [-0.3, -0.25) is 0 Å². The molecular formula is C20H22O2S. The van der Waals surface area contributed by atoms with Crippen LogP contribution in [-0.4, -0.2) is 11.7 Å². The molecular weight excluding hydrogens is 304 g/mol. The minimum absolute atomic E-state index is 0.325. The Morgan fingerprint density at radius 3 is 2.48 bits per heavy atom. The Bertz CT molecular complexity index is 672. The summed E-state index contributed by atoms with van der Waals surface area (Å²) in [5.41, 5.74) is 0.906. The molecule has 0 atom stereocenters. The SMILES string of the molecule is CC=CC(=CC)Sc1ccc(OCCc2ccccc2O)cc1. The Morgan fingerprint density at radius 2 is 1.83 bits per heavy atom. The molecule has 0 unspecified atom stereocenters. The van der Waals surface area contributed by atoms with Crippen LogP contribution in [0.25, 0.3) is 0 Å². The number of phenols is 1. The smallest absolute Gasteiger partial charge is 0.119 e. The van der Waals surface area contributed by atoms with Gasteiger partial charge in [0, 0.05) is 16.2 Å². The zero-order chi connectivity index (χ0) is 16.5. The van der Waals surface area contributed by atoms with Crippen LogP contribution in [0.5, 0.6) is 11.5 Å². The summed E-state index contributed by atoms with van der Waals surface area (Å²) in [5, 5.41) is 9.73. The zero-order valence-electron chi connectivity index (χ0n) is 13.5. The third kappa shape index (κ3) is 5.53. The highest BCUT2D eigenvalue weighted by molar-refractivity contribution is 8.03. The van der Waals surface area contributed by atoms with Crippen LogP contribution in [0.3, 0.4) is 0 Å². The number of hydrogen-bond acceptors (Lipinski definition) is 3. The van der Waals surface area contributed by atoms with Crippen molar-refractivity contribution in [2.45, 2.75) is 25.2 Å². The molecule has 1 N–H and O–H groups in total. The van der Waals surface area contributed by atoms with Crippen molar-refractivity contribution in [3.05, 3.63) is 77.2 Å². The van der Waals surface area contributed by atoms with Crippen molar-refractivity contribution in [1.82, 2.24) is 0 Å². The van der Waals surface area contributed by atoms with Gasteiger partial charge >= 0.3 is 0 Å². The van der Waals surface area contributed by atoms with E-state index in [0.717, 1.165) is 11.3 Å². The molecule has 3 heteroatoms. The highest BCUT2D eigenvalue weighted by atomic mass is 32.2. The van der Waals surface area contributed by atoms with E-state index in [0.29, 0.717) is 18.8 Å². The molecule has 2 rings (SSSR count). The van der Waals surface area contributed by atoms with Crippen LogP contribution in [0.15, 0.2) is 76.6 Å². The van der Waals surface area contributed by atoms with Crippen molar-refractivity contribution in [3.8, 4) is 11.5 Å². The Morgan fingerprint density at radius 1 is 1.09 bits per heavy atom. The molecule has 2 nitrogen and oxygen atoms in total. The molecule has 2 aromatic rings. The molecule has 120 valence electrons. The quantitative estimate of drug-likeness (QED) is 0.531. The zero-order valence-corrected chi connectivity index (χ0v) is 14.3. The third-order valence-corrected chi connectivity index (χ3v) is 4.42. The lowest BCUT2D eigenvalue weighted by Crippen LogP contribution is -2.01. The molecule has 0 aliphatic heterocycles. The number of thioether (sulfide) groups is 1. The van der Waals surface area contributed by atoms with E-state index < -0.39 is 0 Å². The van der Waals surface area contributed by atoms with Crippen LogP contribution >= 0.6 is 11.8 Å². The average molecular weight is 326 g/mol. The topological polar surface area (TPSA) is 29.5 Å². The van der Waals surface area contributed by atoms with Gasteiger partial charge in [0.1, 0.15) is 11.5 Å². The van der Waals surface area contributed by atoms with Gasteiger partial charge in [-0.05, 0) is 49.7 Å². The Kier molecular flexibility index (Phi) is 6.82. The predicted molar refractivity (Wildman–Crippen MR) is 98.2 cm³/mol. The fraction of sp³-hybridized carbons (Fsp3) is 0.200. The number of ether oxygens (including phenoxy) is 1. The van der Waals surface area contributed by atoms with Gasteiger partial charge in [0.2, 0.25) is 0 Å². The van der Waals surface area contributed by atoms with Crippen LogP contribution in [0.4, 0.5) is 0 Å². The van der Waals surface area contributed by atoms with Gasteiger partial charge in [-0.2, -0.15) is 0 Å². The third-order valence-electron chi connectivity index (χ3n) is 3.31. The van der Waals surface area contributed by atoms with Crippen molar-refractivity contribution in [2.75, 3.05) is 6.61 Å². The fourth-order valence-electron chi connectivity index (χ4n) is 2.09. The van der Waals surface area contributed by atoms with Crippen LogP contribution in [0.2, 0.25) is 0 Å². The monoisotopic (exact) mass is 326 g/mol. The molecule has 0 fully saturated rings. The largest absolute Gasteiger partial charge is 0.508 e. The van der Waals surface area contributed by atoms with Gasteiger partial charge in [-0.1, -0.05) is 48.2 Å². The minimum atomic E-state index is 0.325. The summed E-state index contributed by atoms with van der Waals surface area (Å²) in [6.45, 7) is 4.60. The van der Waals surface area contributed by atoms with Gasteiger partial charge in [-0.25, -0.2) is 0 Å². The molecule has 0 aromatic heterocycles. The first kappa shape index (κ1) is 17.2. The number of rotatable bonds is 7. The predicted octanol–water partition coefficient (Wildman–Crippen LogP) is 5.59. The lowest BCUT2D eigenvalue weighted by molar-refractivity contribution is 0.319. The van der Waals surface area contributed by atoms with Gasteiger partial charge in [-0.15, -0.1) is 0 Å². The summed E-state index contributed by atoms with van der Waals surface area (Å²) in [5.74, 6) is 1.17. The first-order chi connectivity index (χ1) is 11.2. The molecule has 0 heterocycles. The summed E-state index contributed by atoms with van der Waals surface area (Å²) in [6, 6.07) is 15.4. The highest BCUT2D eigenvalue weighted by Gasteiger charge is 2.01. The number of benzene rings is 2. The van der Waals surface area contributed by atoms with E-state index in [1.54, 1.807) is 17.8 Å². The normalized spacial score (nSPS) is 11.8. The molecule has 0 spiro atoms. The second-order valence-electron chi connectivity index (χ2n) is 4.99. The molecule has 0 aliphatic rings. The first-order valence-corrected chi connectivity index (χ1v) is 8.51. The number of allylic oxidation sites excluding steroid dienone is 3. The van der Waals surface area contributed by atoms with Crippen LogP contribution in [0, 0.1) is 0 Å². The van der Waals surface area contributed by atoms with Gasteiger partial charge in [0.25, 0.3) is 0 Å². The standard InChI is InChI=1S/C20H22O2S/c1-3-7-18(4-2)23-19-12-10-17(11-13-19)22-15-14-16-8-5-6-9-20(16)21/h3-13,21H,14-15H2,1-2H3. The summed E-state index contributed by atoms with van der Waals surface area (Å²) in [6.07, 6.45) is 6.93. The first-order valence-electron chi connectivity index (χ1n) is 7.69. The van der Waals surface area contributed by atoms with E-state index in [4.69, 9.17) is 4.74 Å². The number of phenolic OH excluding ortho intramolecular Hbond substituents is 1. The molecule has 0 amide bonds. The number of aromatic hydroxyl groups is 1. The molecule has 0 saturated carbocycles. The second-order valence-corrected chi connectivity index (χ2v) is 6.14. The van der Waals surface area contributed by atoms with E-state index in [1.165, 1.54) is 9.80 Å². The fourth-order valence-corrected chi connectivity index (χ4v) is 2.96. The van der Waals surface area contributed by atoms with E-state index in [-0.39, 0.29) is 0 Å². The highest BCUT2D eigenvalue weighted by Crippen LogP contribution is 2.29. The van der Waals surface area contributed by atoms with Crippen molar-refractivity contribution in [3.63, 3.8) is 0 Å². The second kappa shape index (κ2) is 9.11.